The van der Waals surface area contributed by atoms with Gasteiger partial charge in [-0.2, -0.15) is 0 Å². The Morgan fingerprint density at radius 1 is 0.419 bits per heavy atom. The van der Waals surface area contributed by atoms with E-state index in [1.165, 1.54) is 77.5 Å². The molecule has 3 nitrogen and oxygen atoms in total. The summed E-state index contributed by atoms with van der Waals surface area (Å²) in [5.41, 5.74) is 12.3. The molecule has 0 spiro atoms. The Balaban J connectivity index is 1.26. The van der Waals surface area contributed by atoms with Gasteiger partial charge in [0.25, 0.3) is 0 Å². The number of anilines is 2. The maximum atomic E-state index is 2.42. The maximum absolute atomic E-state index is 2.42. The summed E-state index contributed by atoms with van der Waals surface area (Å²) in [4.78, 5) is 2.36. The standard InChI is InChI=1S/C40H31N3/c1-40(2)32-24-26(42-34-16-8-4-12-28(34)29-13-5-9-17-35(29)42)20-22-38(32)41(3)39-23-21-27(25-33(39)40)43-36-18-10-6-14-30(36)31-15-7-11-19-37(31)43/h4-25H,1-3H3. The molecule has 0 unspecified atom stereocenters. The van der Waals surface area contributed by atoms with Gasteiger partial charge in [0, 0.05) is 56.8 Å². The molecule has 0 aliphatic carbocycles. The molecule has 0 fully saturated rings. The molecule has 0 saturated heterocycles. The van der Waals surface area contributed by atoms with Crippen LogP contribution < -0.4 is 4.90 Å². The van der Waals surface area contributed by atoms with Gasteiger partial charge in [-0.1, -0.05) is 86.6 Å². The smallest absolute Gasteiger partial charge is 0.0541 e. The highest BCUT2D eigenvalue weighted by Crippen LogP contribution is 2.50. The van der Waals surface area contributed by atoms with Gasteiger partial charge in [0.1, 0.15) is 0 Å². The number of nitrogens with zero attached hydrogens (tertiary/aromatic N) is 3. The summed E-state index contributed by atoms with van der Waals surface area (Å²) in [6, 6.07) is 49.0. The van der Waals surface area contributed by atoms with Crippen molar-refractivity contribution in [1.82, 2.24) is 9.13 Å². The van der Waals surface area contributed by atoms with Gasteiger partial charge < -0.3 is 14.0 Å². The van der Waals surface area contributed by atoms with E-state index in [1.54, 1.807) is 0 Å². The van der Waals surface area contributed by atoms with Gasteiger partial charge >= 0.3 is 0 Å². The van der Waals surface area contributed by atoms with E-state index in [0.717, 1.165) is 0 Å². The molecule has 6 aromatic carbocycles. The minimum absolute atomic E-state index is 0.208. The third-order valence-corrected chi connectivity index (χ3v) is 9.71. The molecule has 0 bridgehead atoms. The summed E-state index contributed by atoms with van der Waals surface area (Å²) in [5.74, 6) is 0. The zero-order chi connectivity index (χ0) is 28.9. The molecule has 0 atom stereocenters. The van der Waals surface area contributed by atoms with E-state index in [0.29, 0.717) is 0 Å². The van der Waals surface area contributed by atoms with Crippen molar-refractivity contribution in [2.24, 2.45) is 0 Å². The van der Waals surface area contributed by atoms with Crippen molar-refractivity contribution in [2.75, 3.05) is 11.9 Å². The van der Waals surface area contributed by atoms with Crippen LogP contribution in [0.5, 0.6) is 0 Å². The van der Waals surface area contributed by atoms with E-state index in [1.807, 2.05) is 0 Å². The molecule has 206 valence electrons. The molecule has 43 heavy (non-hydrogen) atoms. The van der Waals surface area contributed by atoms with Gasteiger partial charge in [0.2, 0.25) is 0 Å². The van der Waals surface area contributed by atoms with E-state index < -0.39 is 0 Å². The van der Waals surface area contributed by atoms with Crippen molar-refractivity contribution in [3.8, 4) is 11.4 Å². The van der Waals surface area contributed by atoms with Crippen LogP contribution in [0.4, 0.5) is 11.4 Å². The molecule has 8 aromatic rings. The second-order valence-corrected chi connectivity index (χ2v) is 12.3. The minimum atomic E-state index is -0.208. The first-order valence-electron chi connectivity index (χ1n) is 15.0. The van der Waals surface area contributed by atoms with Crippen LogP contribution in [0.2, 0.25) is 0 Å². The van der Waals surface area contributed by atoms with E-state index >= 15 is 0 Å². The van der Waals surface area contributed by atoms with Crippen molar-refractivity contribution in [3.05, 3.63) is 145 Å². The molecule has 1 aliphatic heterocycles. The predicted octanol–water partition coefficient (Wildman–Crippen LogP) is 10.3. The molecule has 9 rings (SSSR count). The number of para-hydroxylation sites is 4. The molecule has 3 heterocycles. The van der Waals surface area contributed by atoms with Crippen LogP contribution in [0.1, 0.15) is 25.0 Å². The monoisotopic (exact) mass is 553 g/mol. The van der Waals surface area contributed by atoms with E-state index in [2.05, 4.69) is 168 Å². The Bertz CT molecular complexity index is 2130. The van der Waals surface area contributed by atoms with Crippen LogP contribution in [-0.4, -0.2) is 16.2 Å². The second kappa shape index (κ2) is 8.62. The summed E-state index contributed by atoms with van der Waals surface area (Å²) in [6.45, 7) is 4.76. The normalized spacial score (nSPS) is 14.1. The Morgan fingerprint density at radius 2 is 0.744 bits per heavy atom. The Labute approximate surface area is 250 Å². The third-order valence-electron chi connectivity index (χ3n) is 9.71. The van der Waals surface area contributed by atoms with Crippen LogP contribution in [0, 0.1) is 0 Å². The minimum Gasteiger partial charge on any atom is -0.344 e. The summed E-state index contributed by atoms with van der Waals surface area (Å²) < 4.78 is 4.84. The van der Waals surface area contributed by atoms with E-state index in [9.17, 15) is 0 Å². The van der Waals surface area contributed by atoms with Crippen molar-refractivity contribution >= 4 is 55.0 Å². The van der Waals surface area contributed by atoms with Gasteiger partial charge in [-0.05, 0) is 71.8 Å². The van der Waals surface area contributed by atoms with Crippen molar-refractivity contribution in [2.45, 2.75) is 19.3 Å². The highest BCUT2D eigenvalue weighted by Gasteiger charge is 2.36. The Kier molecular flexibility index (Phi) is 4.88. The highest BCUT2D eigenvalue weighted by atomic mass is 15.1. The van der Waals surface area contributed by atoms with Gasteiger partial charge in [0.15, 0.2) is 0 Å². The highest BCUT2D eigenvalue weighted by molar-refractivity contribution is 6.10. The first-order valence-corrected chi connectivity index (χ1v) is 15.0. The van der Waals surface area contributed by atoms with Crippen LogP contribution in [0.25, 0.3) is 55.0 Å². The van der Waals surface area contributed by atoms with Crippen molar-refractivity contribution < 1.29 is 0 Å². The molecular formula is C40H31N3. The fourth-order valence-electron chi connectivity index (χ4n) is 7.59. The lowest BCUT2D eigenvalue weighted by molar-refractivity contribution is 0.628. The molecule has 0 amide bonds. The van der Waals surface area contributed by atoms with Crippen molar-refractivity contribution in [1.29, 1.82) is 0 Å². The van der Waals surface area contributed by atoms with Gasteiger partial charge in [-0.3, -0.25) is 0 Å². The lowest BCUT2D eigenvalue weighted by atomic mass is 9.73. The van der Waals surface area contributed by atoms with Gasteiger partial charge in [-0.25, -0.2) is 0 Å². The summed E-state index contributed by atoms with van der Waals surface area (Å²) in [6.07, 6.45) is 0. The van der Waals surface area contributed by atoms with Crippen LogP contribution in [-0.2, 0) is 5.41 Å². The lowest BCUT2D eigenvalue weighted by Crippen LogP contribution is -2.31. The molecule has 2 aromatic heterocycles. The third kappa shape index (κ3) is 3.25. The fourth-order valence-corrected chi connectivity index (χ4v) is 7.59. The first kappa shape index (κ1) is 24.3. The summed E-state index contributed by atoms with van der Waals surface area (Å²) in [5, 5.41) is 5.14. The van der Waals surface area contributed by atoms with Crippen LogP contribution in [0.3, 0.4) is 0 Å². The Hall–Kier alpha value is -5.28. The van der Waals surface area contributed by atoms with Gasteiger partial charge in [0.05, 0.1) is 22.1 Å². The Morgan fingerprint density at radius 3 is 1.09 bits per heavy atom. The quantitative estimate of drug-likeness (QED) is 0.208. The van der Waals surface area contributed by atoms with E-state index in [4.69, 9.17) is 0 Å². The number of benzene rings is 6. The summed E-state index contributed by atoms with van der Waals surface area (Å²) >= 11 is 0. The SMILES string of the molecule is CN1c2ccc(-n3c4ccccc4c4ccccc43)cc2C(C)(C)c2cc(-n3c4ccccc4c4ccccc43)ccc21. The number of hydrogen-bond acceptors (Lipinski definition) is 1. The molecule has 0 saturated carbocycles. The number of fused-ring (bicyclic) bond motifs is 8. The largest absolute Gasteiger partial charge is 0.344 e. The molecule has 3 heteroatoms. The summed E-state index contributed by atoms with van der Waals surface area (Å²) in [7, 11) is 2.20. The van der Waals surface area contributed by atoms with Gasteiger partial charge in [-0.15, -0.1) is 0 Å². The second-order valence-electron chi connectivity index (χ2n) is 12.3. The first-order chi connectivity index (χ1) is 21.0. The van der Waals surface area contributed by atoms with E-state index in [-0.39, 0.29) is 5.41 Å². The predicted molar refractivity (Wildman–Crippen MR) is 182 cm³/mol. The zero-order valence-electron chi connectivity index (χ0n) is 24.5. The van der Waals surface area contributed by atoms with Crippen LogP contribution in [0.15, 0.2) is 133 Å². The number of rotatable bonds is 2. The number of hydrogen-bond donors (Lipinski definition) is 0. The average molecular weight is 554 g/mol. The number of aromatic nitrogens is 2. The van der Waals surface area contributed by atoms with Crippen LogP contribution >= 0.6 is 0 Å². The molecule has 0 radical (unpaired) electrons. The lowest BCUT2D eigenvalue weighted by Gasteiger charge is -2.41. The average Bonchev–Trinajstić information content (AvgIpc) is 3.57. The maximum Gasteiger partial charge on any atom is 0.0541 e. The topological polar surface area (TPSA) is 13.1 Å². The molecular weight excluding hydrogens is 522 g/mol. The fraction of sp³-hybridized carbons (Fsp3) is 0.100. The zero-order valence-corrected chi connectivity index (χ0v) is 24.5. The van der Waals surface area contributed by atoms with Crippen molar-refractivity contribution in [3.63, 3.8) is 0 Å². The molecule has 0 N–H and O–H groups in total. The molecule has 1 aliphatic rings.